The summed E-state index contributed by atoms with van der Waals surface area (Å²) in [5.41, 5.74) is -0.375. The fourth-order valence-corrected chi connectivity index (χ4v) is 3.97. The summed E-state index contributed by atoms with van der Waals surface area (Å²) >= 11 is 0. The summed E-state index contributed by atoms with van der Waals surface area (Å²) in [4.78, 5) is 9.73. The van der Waals surface area contributed by atoms with Crippen molar-refractivity contribution in [2.75, 3.05) is 12.0 Å². The summed E-state index contributed by atoms with van der Waals surface area (Å²) in [5.74, 6) is 0. The third-order valence-electron chi connectivity index (χ3n) is 2.29. The normalized spacial score (nSPS) is 11.9. The van der Waals surface area contributed by atoms with Gasteiger partial charge in [-0.1, -0.05) is 0 Å². The van der Waals surface area contributed by atoms with Crippen molar-refractivity contribution in [1.82, 2.24) is 0 Å². The van der Waals surface area contributed by atoms with E-state index in [1.165, 1.54) is 0 Å². The highest BCUT2D eigenvalue weighted by atomic mass is 32.3. The number of nitro groups is 1. The summed E-state index contributed by atoms with van der Waals surface area (Å²) < 4.78 is 69.1. The molecule has 0 aliphatic heterocycles. The molecule has 0 fully saturated rings. The van der Waals surface area contributed by atoms with E-state index in [-0.39, 0.29) is 11.3 Å². The van der Waals surface area contributed by atoms with E-state index < -0.39 is 40.8 Å². The first-order valence-corrected chi connectivity index (χ1v) is 8.48. The number of non-ortho nitro benzene ring substituents is 1. The highest BCUT2D eigenvalue weighted by Gasteiger charge is 2.30. The number of halogens is 2. The Morgan fingerprint density at radius 1 is 1.05 bits per heavy atom. The van der Waals surface area contributed by atoms with E-state index in [9.17, 15) is 35.7 Å². The minimum absolute atomic E-state index is 0.0651. The van der Waals surface area contributed by atoms with Gasteiger partial charge in [0.15, 0.2) is 16.3 Å². The molecule has 0 aliphatic carbocycles. The van der Waals surface area contributed by atoms with Crippen LogP contribution in [0.25, 0.3) is 6.08 Å². The van der Waals surface area contributed by atoms with Gasteiger partial charge in [0.2, 0.25) is 19.7 Å². The van der Waals surface area contributed by atoms with Gasteiger partial charge in [-0.2, -0.15) is 0 Å². The minimum Gasteiger partial charge on any atom is -0.258 e. The van der Waals surface area contributed by atoms with Gasteiger partial charge in [0.1, 0.15) is 0 Å². The van der Waals surface area contributed by atoms with Gasteiger partial charge in [-0.15, -0.1) is 0 Å². The molecule has 0 N–H and O–H groups in total. The average Bonchev–Trinajstić information content (AvgIpc) is 2.44. The average molecular weight is 341 g/mol. The van der Waals surface area contributed by atoms with E-state index >= 15 is 0 Å². The zero-order valence-electron chi connectivity index (χ0n) is 10.3. The Labute approximate surface area is 118 Å². The van der Waals surface area contributed by atoms with Gasteiger partial charge < -0.3 is 0 Å². The van der Waals surface area contributed by atoms with Crippen molar-refractivity contribution in [3.8, 4) is 0 Å². The zero-order chi connectivity index (χ0) is 16.3. The second-order valence-corrected chi connectivity index (χ2v) is 7.79. The Hall–Kier alpha value is -1.88. The van der Waals surface area contributed by atoms with Crippen molar-refractivity contribution >= 4 is 31.4 Å². The molecule has 0 atom stereocenters. The van der Waals surface area contributed by atoms with Gasteiger partial charge in [0, 0.05) is 12.1 Å². The maximum atomic E-state index is 12.5. The Kier molecular flexibility index (Phi) is 5.12. The van der Waals surface area contributed by atoms with E-state index in [1.54, 1.807) is 0 Å². The van der Waals surface area contributed by atoms with Crippen LogP contribution in [0.2, 0.25) is 0 Å². The van der Waals surface area contributed by atoms with Crippen molar-refractivity contribution in [2.45, 2.75) is 0 Å². The Bertz CT molecular complexity index is 732. The molecule has 0 unspecified atom stereocenters. The number of nitro benzene ring substituents is 1. The largest absolute Gasteiger partial charge is 0.269 e. The standard InChI is InChI=1S/C10H9F2NO6S2/c11-6-20(16,17)10(21(18,19)7-12)5-8-1-3-9(4-2-8)13(14)15/h1-5H,6-7H2. The monoisotopic (exact) mass is 341 g/mol. The van der Waals surface area contributed by atoms with Crippen LogP contribution in [-0.4, -0.2) is 33.8 Å². The van der Waals surface area contributed by atoms with E-state index in [0.29, 0.717) is 6.08 Å². The van der Waals surface area contributed by atoms with Crippen molar-refractivity contribution in [3.63, 3.8) is 0 Å². The van der Waals surface area contributed by atoms with Gasteiger partial charge in [0.05, 0.1) is 4.92 Å². The molecule has 7 nitrogen and oxygen atoms in total. The van der Waals surface area contributed by atoms with Crippen LogP contribution < -0.4 is 0 Å². The number of alkyl halides is 2. The van der Waals surface area contributed by atoms with Crippen molar-refractivity contribution in [3.05, 3.63) is 44.2 Å². The van der Waals surface area contributed by atoms with Crippen LogP contribution in [0, 0.1) is 10.1 Å². The van der Waals surface area contributed by atoms with E-state index in [2.05, 4.69) is 0 Å². The number of sulfone groups is 2. The number of rotatable bonds is 6. The Balaban J connectivity index is 3.43. The fourth-order valence-electron chi connectivity index (χ4n) is 1.31. The molecular formula is C10H9F2NO6S2. The highest BCUT2D eigenvalue weighted by molar-refractivity contribution is 8.14. The molecule has 0 aromatic heterocycles. The minimum atomic E-state index is -4.82. The smallest absolute Gasteiger partial charge is 0.258 e. The SMILES string of the molecule is O=[N+]([O-])c1ccc(C=C(S(=O)(=O)CF)S(=O)(=O)CF)cc1. The lowest BCUT2D eigenvalue weighted by atomic mass is 10.2. The molecule has 0 saturated heterocycles. The number of benzene rings is 1. The van der Waals surface area contributed by atoms with Crippen LogP contribution in [0.15, 0.2) is 28.5 Å². The van der Waals surface area contributed by atoms with Crippen LogP contribution in [-0.2, 0) is 19.7 Å². The molecule has 11 heteroatoms. The topological polar surface area (TPSA) is 111 Å². The van der Waals surface area contributed by atoms with E-state index in [0.717, 1.165) is 24.3 Å². The second-order valence-electron chi connectivity index (χ2n) is 3.76. The lowest BCUT2D eigenvalue weighted by Gasteiger charge is -2.05. The van der Waals surface area contributed by atoms with E-state index in [1.807, 2.05) is 0 Å². The van der Waals surface area contributed by atoms with Crippen LogP contribution in [0.1, 0.15) is 5.56 Å². The summed E-state index contributed by atoms with van der Waals surface area (Å²) in [7, 11) is -9.64. The molecule has 21 heavy (non-hydrogen) atoms. The third kappa shape index (κ3) is 4.04. The summed E-state index contributed by atoms with van der Waals surface area (Å²) in [5, 5.41) is 10.4. The lowest BCUT2D eigenvalue weighted by Crippen LogP contribution is -2.16. The van der Waals surface area contributed by atoms with Crippen LogP contribution in [0.4, 0.5) is 14.5 Å². The second kappa shape index (κ2) is 6.26. The molecule has 0 amide bonds. The summed E-state index contributed by atoms with van der Waals surface area (Å²) in [6, 6.07) is 0.0799. The molecule has 0 spiro atoms. The lowest BCUT2D eigenvalue weighted by molar-refractivity contribution is -0.384. The Morgan fingerprint density at radius 2 is 1.48 bits per heavy atom. The third-order valence-corrected chi connectivity index (χ3v) is 5.85. The predicted octanol–water partition coefficient (Wildman–Crippen LogP) is 1.58. The summed E-state index contributed by atoms with van der Waals surface area (Å²) in [6.45, 7) is 0. The number of hydrogen-bond acceptors (Lipinski definition) is 6. The molecule has 0 radical (unpaired) electrons. The van der Waals surface area contributed by atoms with Crippen LogP contribution >= 0.6 is 0 Å². The van der Waals surface area contributed by atoms with Gasteiger partial charge in [-0.05, 0) is 23.8 Å². The predicted molar refractivity (Wildman–Crippen MR) is 70.9 cm³/mol. The molecule has 0 bridgehead atoms. The highest BCUT2D eigenvalue weighted by Crippen LogP contribution is 2.22. The number of hydrogen-bond donors (Lipinski definition) is 0. The van der Waals surface area contributed by atoms with Gasteiger partial charge >= 0.3 is 0 Å². The quantitative estimate of drug-likeness (QED) is 0.573. The Morgan fingerprint density at radius 3 is 1.81 bits per heavy atom. The van der Waals surface area contributed by atoms with Gasteiger partial charge in [-0.3, -0.25) is 10.1 Å². The maximum Gasteiger partial charge on any atom is 0.269 e. The van der Waals surface area contributed by atoms with E-state index in [4.69, 9.17) is 0 Å². The molecular weight excluding hydrogens is 332 g/mol. The molecule has 0 saturated carbocycles. The van der Waals surface area contributed by atoms with Crippen LogP contribution in [0.5, 0.6) is 0 Å². The van der Waals surface area contributed by atoms with Gasteiger partial charge in [-0.25, -0.2) is 25.6 Å². The molecule has 116 valence electrons. The molecule has 1 aromatic carbocycles. The zero-order valence-corrected chi connectivity index (χ0v) is 11.9. The first kappa shape index (κ1) is 17.2. The van der Waals surface area contributed by atoms with Gasteiger partial charge in [0.25, 0.3) is 5.69 Å². The summed E-state index contributed by atoms with van der Waals surface area (Å²) in [6.07, 6.45) is 0.549. The first-order chi connectivity index (χ1) is 9.64. The molecule has 1 aromatic rings. The van der Waals surface area contributed by atoms with Crippen molar-refractivity contribution in [2.24, 2.45) is 0 Å². The molecule has 0 aliphatic rings. The fraction of sp³-hybridized carbons (Fsp3) is 0.200. The number of nitrogens with zero attached hydrogens (tertiary/aromatic N) is 1. The first-order valence-electron chi connectivity index (χ1n) is 5.17. The van der Waals surface area contributed by atoms with Crippen LogP contribution in [0.3, 0.4) is 0 Å². The van der Waals surface area contributed by atoms with Crippen molar-refractivity contribution in [1.29, 1.82) is 0 Å². The maximum absolute atomic E-state index is 12.5. The molecule has 0 heterocycles. The van der Waals surface area contributed by atoms with Crippen molar-refractivity contribution < 1.29 is 30.5 Å². The molecule has 1 rings (SSSR count).